The summed E-state index contributed by atoms with van der Waals surface area (Å²) in [6, 6.07) is 5.82. The highest BCUT2D eigenvalue weighted by atomic mass is 19.2. The molecule has 0 saturated heterocycles. The number of unbranched alkanes of at least 4 members (excludes halogenated alkanes) is 3. The maximum atomic E-state index is 14.2. The Morgan fingerprint density at radius 2 is 1.91 bits per heavy atom. The van der Waals surface area contributed by atoms with Crippen molar-refractivity contribution >= 4 is 6.29 Å². The Morgan fingerprint density at radius 1 is 1.09 bits per heavy atom. The Morgan fingerprint density at radius 3 is 2.57 bits per heavy atom. The minimum Gasteiger partial charge on any atom is -0.490 e. The van der Waals surface area contributed by atoms with Crippen LogP contribution < -0.4 is 4.74 Å². The van der Waals surface area contributed by atoms with Crippen LogP contribution >= 0.6 is 0 Å². The van der Waals surface area contributed by atoms with Crippen LogP contribution in [0.4, 0.5) is 8.78 Å². The fraction of sp³-hybridized carbons (Fsp3) is 0.333. The number of ether oxygens (including phenoxy) is 1. The first kappa shape index (κ1) is 17.1. The van der Waals surface area contributed by atoms with E-state index >= 15 is 0 Å². The largest absolute Gasteiger partial charge is 0.490 e. The van der Waals surface area contributed by atoms with E-state index in [2.05, 4.69) is 11.9 Å². The van der Waals surface area contributed by atoms with Crippen molar-refractivity contribution in [3.63, 3.8) is 0 Å². The van der Waals surface area contributed by atoms with Gasteiger partial charge in [-0.25, -0.2) is 4.39 Å². The molecule has 0 fully saturated rings. The molecule has 1 aromatic heterocycles. The number of carbonyl (C=O) groups excluding carboxylic acids is 1. The van der Waals surface area contributed by atoms with Gasteiger partial charge in [-0.2, -0.15) is 4.39 Å². The van der Waals surface area contributed by atoms with Gasteiger partial charge in [0.05, 0.1) is 12.3 Å². The van der Waals surface area contributed by atoms with Crippen LogP contribution in [0.3, 0.4) is 0 Å². The van der Waals surface area contributed by atoms with Crippen LogP contribution in [0.25, 0.3) is 11.3 Å². The summed E-state index contributed by atoms with van der Waals surface area (Å²) in [7, 11) is 0. The molecular formula is C18H19F2NO2. The van der Waals surface area contributed by atoms with Crippen LogP contribution in [0.2, 0.25) is 0 Å². The number of halogens is 2. The van der Waals surface area contributed by atoms with E-state index in [4.69, 9.17) is 4.74 Å². The van der Waals surface area contributed by atoms with E-state index in [0.29, 0.717) is 18.5 Å². The second kappa shape index (κ2) is 8.36. The van der Waals surface area contributed by atoms with Crippen LogP contribution in [0.5, 0.6) is 5.75 Å². The fourth-order valence-electron chi connectivity index (χ4n) is 2.19. The van der Waals surface area contributed by atoms with Crippen molar-refractivity contribution in [3.8, 4) is 17.0 Å². The molecule has 0 saturated carbocycles. The van der Waals surface area contributed by atoms with Gasteiger partial charge in [0.1, 0.15) is 0 Å². The fourth-order valence-corrected chi connectivity index (χ4v) is 2.19. The summed E-state index contributed by atoms with van der Waals surface area (Å²) >= 11 is 0. The van der Waals surface area contributed by atoms with Crippen molar-refractivity contribution in [3.05, 3.63) is 47.7 Å². The molecule has 0 amide bonds. The molecule has 122 valence electrons. The van der Waals surface area contributed by atoms with Gasteiger partial charge in [0.15, 0.2) is 17.9 Å². The first-order chi connectivity index (χ1) is 11.2. The summed E-state index contributed by atoms with van der Waals surface area (Å²) in [5.74, 6) is -2.10. The average molecular weight is 319 g/mol. The third kappa shape index (κ3) is 4.34. The predicted octanol–water partition coefficient (Wildman–Crippen LogP) is 4.80. The molecule has 5 heteroatoms. The predicted molar refractivity (Wildman–Crippen MR) is 84.6 cm³/mol. The van der Waals surface area contributed by atoms with E-state index in [9.17, 15) is 13.6 Å². The monoisotopic (exact) mass is 319 g/mol. The Bertz CT molecular complexity index is 657. The summed E-state index contributed by atoms with van der Waals surface area (Å²) in [6.07, 6.45) is 5.98. The number of hydrogen-bond acceptors (Lipinski definition) is 3. The quantitative estimate of drug-likeness (QED) is 0.518. The van der Waals surface area contributed by atoms with E-state index < -0.39 is 11.6 Å². The summed E-state index contributed by atoms with van der Waals surface area (Å²) in [6.45, 7) is 2.46. The number of rotatable bonds is 8. The highest BCUT2D eigenvalue weighted by Gasteiger charge is 2.16. The third-order valence-corrected chi connectivity index (χ3v) is 3.50. The number of hydrogen-bond donors (Lipinski definition) is 0. The Balaban J connectivity index is 2.11. The van der Waals surface area contributed by atoms with Crippen LogP contribution in [0.15, 0.2) is 30.5 Å². The number of nitrogens with zero attached hydrogens (tertiary/aromatic N) is 1. The van der Waals surface area contributed by atoms with Gasteiger partial charge in [-0.1, -0.05) is 26.2 Å². The molecule has 0 unspecified atom stereocenters. The lowest BCUT2D eigenvalue weighted by atomic mass is 10.1. The van der Waals surface area contributed by atoms with Crippen molar-refractivity contribution < 1.29 is 18.3 Å². The lowest BCUT2D eigenvalue weighted by molar-refractivity contribution is 0.112. The van der Waals surface area contributed by atoms with Crippen molar-refractivity contribution in [2.45, 2.75) is 32.6 Å². The molecule has 0 radical (unpaired) electrons. The molecule has 2 aromatic rings. The number of carbonyl (C=O) groups is 1. The molecule has 0 bridgehead atoms. The van der Waals surface area contributed by atoms with E-state index in [-0.39, 0.29) is 17.0 Å². The Hall–Kier alpha value is -2.30. The molecule has 0 spiro atoms. The second-order valence-electron chi connectivity index (χ2n) is 5.24. The summed E-state index contributed by atoms with van der Waals surface area (Å²) < 4.78 is 33.6. The molecule has 1 heterocycles. The molecular weight excluding hydrogens is 300 g/mol. The first-order valence-corrected chi connectivity index (χ1v) is 7.69. The minimum atomic E-state index is -1.01. The van der Waals surface area contributed by atoms with Gasteiger partial charge in [-0.05, 0) is 30.7 Å². The van der Waals surface area contributed by atoms with Gasteiger partial charge < -0.3 is 4.74 Å². The van der Waals surface area contributed by atoms with Gasteiger partial charge in [-0.3, -0.25) is 9.78 Å². The molecule has 1 aromatic carbocycles. The van der Waals surface area contributed by atoms with Gasteiger partial charge in [0.25, 0.3) is 0 Å². The molecule has 23 heavy (non-hydrogen) atoms. The minimum absolute atomic E-state index is 0.0401. The maximum Gasteiger partial charge on any atom is 0.201 e. The zero-order valence-corrected chi connectivity index (χ0v) is 13.0. The van der Waals surface area contributed by atoms with E-state index in [0.717, 1.165) is 25.7 Å². The lowest BCUT2D eigenvalue weighted by Crippen LogP contribution is -2.02. The second-order valence-corrected chi connectivity index (χ2v) is 5.24. The van der Waals surface area contributed by atoms with Gasteiger partial charge in [0, 0.05) is 17.3 Å². The molecule has 2 rings (SSSR count). The standard InChI is InChI=1S/C18H19F2NO2/c1-2-3-4-5-10-23-16-9-7-14(17(19)18(16)20)15-8-6-13(12-22)11-21-15/h6-9,11-12H,2-5,10H2,1H3. The topological polar surface area (TPSA) is 39.2 Å². The van der Waals surface area contributed by atoms with Gasteiger partial charge in [0.2, 0.25) is 5.82 Å². The number of pyridine rings is 1. The highest BCUT2D eigenvalue weighted by Crippen LogP contribution is 2.29. The number of aromatic nitrogens is 1. The number of aldehydes is 1. The summed E-state index contributed by atoms with van der Waals surface area (Å²) in [5, 5.41) is 0. The zero-order chi connectivity index (χ0) is 16.7. The van der Waals surface area contributed by atoms with Gasteiger partial charge >= 0.3 is 0 Å². The summed E-state index contributed by atoms with van der Waals surface area (Å²) in [5.41, 5.74) is 0.682. The zero-order valence-electron chi connectivity index (χ0n) is 13.0. The van der Waals surface area contributed by atoms with Crippen molar-refractivity contribution in [2.75, 3.05) is 6.61 Å². The van der Waals surface area contributed by atoms with Gasteiger partial charge in [-0.15, -0.1) is 0 Å². The SMILES string of the molecule is CCCCCCOc1ccc(-c2ccc(C=O)cn2)c(F)c1F. The third-order valence-electron chi connectivity index (χ3n) is 3.50. The summed E-state index contributed by atoms with van der Waals surface area (Å²) in [4.78, 5) is 14.6. The molecule has 0 aliphatic heterocycles. The van der Waals surface area contributed by atoms with E-state index in [1.54, 1.807) is 0 Å². The first-order valence-electron chi connectivity index (χ1n) is 7.69. The van der Waals surface area contributed by atoms with Crippen LogP contribution in [-0.4, -0.2) is 17.9 Å². The van der Waals surface area contributed by atoms with Crippen molar-refractivity contribution in [1.82, 2.24) is 4.98 Å². The van der Waals surface area contributed by atoms with E-state index in [1.165, 1.54) is 30.5 Å². The molecule has 0 N–H and O–H groups in total. The van der Waals surface area contributed by atoms with E-state index in [1.807, 2.05) is 0 Å². The lowest BCUT2D eigenvalue weighted by Gasteiger charge is -2.10. The molecule has 0 aliphatic carbocycles. The average Bonchev–Trinajstić information content (AvgIpc) is 2.58. The highest BCUT2D eigenvalue weighted by molar-refractivity contribution is 5.75. The van der Waals surface area contributed by atoms with Crippen LogP contribution in [0.1, 0.15) is 43.0 Å². The molecule has 0 atom stereocenters. The molecule has 0 aliphatic rings. The Kier molecular flexibility index (Phi) is 6.20. The Labute approximate surface area is 134 Å². The molecule has 3 nitrogen and oxygen atoms in total. The maximum absolute atomic E-state index is 14.2. The van der Waals surface area contributed by atoms with Crippen LogP contribution in [-0.2, 0) is 0 Å². The van der Waals surface area contributed by atoms with Crippen molar-refractivity contribution in [2.24, 2.45) is 0 Å². The smallest absolute Gasteiger partial charge is 0.201 e. The van der Waals surface area contributed by atoms with Crippen molar-refractivity contribution in [1.29, 1.82) is 0 Å². The number of benzene rings is 1. The van der Waals surface area contributed by atoms with Crippen LogP contribution in [0, 0.1) is 11.6 Å². The normalized spacial score (nSPS) is 10.6.